The van der Waals surface area contributed by atoms with Gasteiger partial charge in [0.25, 0.3) is 5.91 Å². The van der Waals surface area contributed by atoms with Gasteiger partial charge in [-0.1, -0.05) is 0 Å². The average Bonchev–Trinajstić information content (AvgIpc) is 3.34. The minimum atomic E-state index is -0.540. The van der Waals surface area contributed by atoms with E-state index in [0.717, 1.165) is 19.4 Å². The van der Waals surface area contributed by atoms with Crippen LogP contribution in [0.2, 0.25) is 0 Å². The van der Waals surface area contributed by atoms with Crippen LogP contribution in [0.4, 0.5) is 21.9 Å². The summed E-state index contributed by atoms with van der Waals surface area (Å²) < 4.78 is 5.81. The summed E-state index contributed by atoms with van der Waals surface area (Å²) in [5.74, 6) is -1.18. The smallest absolute Gasteiger partial charge is 0.331 e. The zero-order valence-electron chi connectivity index (χ0n) is 21.9. The number of anilines is 3. The first-order chi connectivity index (χ1) is 19.7. The highest BCUT2D eigenvalue weighted by Gasteiger charge is 2.34. The van der Waals surface area contributed by atoms with Gasteiger partial charge in [-0.15, -0.1) is 11.3 Å². The van der Waals surface area contributed by atoms with Gasteiger partial charge in [-0.25, -0.2) is 9.78 Å². The van der Waals surface area contributed by atoms with Crippen LogP contribution in [0.3, 0.4) is 0 Å². The lowest BCUT2D eigenvalue weighted by Crippen LogP contribution is -2.45. The Balaban J connectivity index is 1.34. The second kappa shape index (κ2) is 10.4. The van der Waals surface area contributed by atoms with Gasteiger partial charge in [-0.2, -0.15) is 0 Å². The molecule has 0 aliphatic carbocycles. The Morgan fingerprint density at radius 3 is 2.59 bits per heavy atom. The van der Waals surface area contributed by atoms with Gasteiger partial charge in [-0.05, 0) is 72.5 Å². The Kier molecular flexibility index (Phi) is 6.83. The summed E-state index contributed by atoms with van der Waals surface area (Å²) in [5, 5.41) is 30.2. The van der Waals surface area contributed by atoms with E-state index in [0.29, 0.717) is 44.3 Å². The van der Waals surface area contributed by atoms with Crippen LogP contribution < -0.4 is 42.0 Å². The van der Waals surface area contributed by atoms with Crippen LogP contribution in [0.1, 0.15) is 28.1 Å². The van der Waals surface area contributed by atoms with Crippen LogP contribution in [-0.2, 0) is 0 Å². The molecule has 2 aromatic carbocycles. The largest absolute Gasteiger partial charge is 0.509 e. The normalized spacial score (nSPS) is 16.5. The molecule has 1 atom stereocenters. The Morgan fingerprint density at radius 1 is 1.15 bits per heavy atom. The summed E-state index contributed by atoms with van der Waals surface area (Å²) in [6.07, 6.45) is 3.48. The van der Waals surface area contributed by atoms with Crippen molar-refractivity contribution in [2.24, 2.45) is 0 Å². The second-order valence-corrected chi connectivity index (χ2v) is 10.9. The van der Waals surface area contributed by atoms with Crippen molar-refractivity contribution in [3.63, 3.8) is 0 Å². The predicted octanol–water partition coefficient (Wildman–Crippen LogP) is 1.36. The zero-order valence-corrected chi connectivity index (χ0v) is 22.8. The van der Waals surface area contributed by atoms with E-state index in [-0.39, 0.29) is 39.8 Å². The molecular formula is C27H22B3N5O5S. The van der Waals surface area contributed by atoms with E-state index in [1.54, 1.807) is 37.4 Å². The monoisotopic (exact) mass is 561 g/mol. The minimum Gasteiger partial charge on any atom is -0.509 e. The molecule has 10 nitrogen and oxygen atoms in total. The number of piperidine rings is 1. The number of carbonyl (C=O) groups excluding carboxylic acids is 2. The molecular weight excluding hydrogens is 539 g/mol. The van der Waals surface area contributed by atoms with Crippen LogP contribution >= 0.6 is 11.3 Å². The Hall–Kier alpha value is -4.16. The van der Waals surface area contributed by atoms with E-state index >= 15 is 0 Å². The lowest BCUT2D eigenvalue weighted by atomic mass is 9.77. The number of pyridine rings is 1. The molecule has 3 amide bonds. The van der Waals surface area contributed by atoms with Gasteiger partial charge in [0, 0.05) is 18.8 Å². The maximum Gasteiger partial charge on any atom is 0.331 e. The number of thiophene rings is 1. The molecule has 0 saturated carbocycles. The molecule has 4 aromatic rings. The van der Waals surface area contributed by atoms with Crippen molar-refractivity contribution in [2.75, 3.05) is 23.3 Å². The maximum atomic E-state index is 13.5. The number of phenolic OH excluding ortho intramolecular Hbond substituents is 2. The first-order valence-corrected chi connectivity index (χ1v) is 13.7. The number of nitrogens with zero attached hydrogens (tertiary/aromatic N) is 2. The molecule has 4 heterocycles. The molecule has 6 radical (unpaired) electrons. The fourth-order valence-electron chi connectivity index (χ4n) is 5.14. The molecule has 200 valence electrons. The van der Waals surface area contributed by atoms with Crippen molar-refractivity contribution in [1.82, 2.24) is 15.6 Å². The fourth-order valence-corrected chi connectivity index (χ4v) is 6.16. The van der Waals surface area contributed by atoms with Gasteiger partial charge >= 0.3 is 6.03 Å². The molecule has 0 unspecified atom stereocenters. The number of hydrogen-bond acceptors (Lipinski definition) is 8. The summed E-state index contributed by atoms with van der Waals surface area (Å²) in [5.41, 5.74) is 1.45. The lowest BCUT2D eigenvalue weighted by molar-refractivity contribution is 0.0935. The van der Waals surface area contributed by atoms with E-state index in [2.05, 4.69) is 20.9 Å². The van der Waals surface area contributed by atoms with Gasteiger partial charge in [0.1, 0.15) is 56.2 Å². The summed E-state index contributed by atoms with van der Waals surface area (Å²) >= 11 is 1.23. The van der Waals surface area contributed by atoms with E-state index in [4.69, 9.17) is 28.3 Å². The summed E-state index contributed by atoms with van der Waals surface area (Å²) in [7, 11) is 17.5. The van der Waals surface area contributed by atoms with E-state index in [9.17, 15) is 19.8 Å². The number of phenols is 2. The van der Waals surface area contributed by atoms with Crippen LogP contribution in [0.5, 0.6) is 23.0 Å². The van der Waals surface area contributed by atoms with E-state index in [1.165, 1.54) is 16.2 Å². The summed E-state index contributed by atoms with van der Waals surface area (Å²) in [6, 6.07) is 6.25. The van der Waals surface area contributed by atoms with Crippen LogP contribution in [0.25, 0.3) is 10.2 Å². The molecule has 1 saturated heterocycles. The Morgan fingerprint density at radius 2 is 1.90 bits per heavy atom. The second-order valence-electron chi connectivity index (χ2n) is 9.92. The number of nitrogens with one attached hydrogen (secondary N) is 3. The Bertz CT molecular complexity index is 1710. The lowest BCUT2D eigenvalue weighted by Gasteiger charge is -2.30. The molecule has 0 spiro atoms. The highest BCUT2D eigenvalue weighted by Crippen LogP contribution is 2.46. The van der Waals surface area contributed by atoms with Crippen molar-refractivity contribution in [1.29, 1.82) is 0 Å². The maximum absolute atomic E-state index is 13.5. The molecule has 41 heavy (non-hydrogen) atoms. The number of rotatable bonds is 5. The molecule has 2 aliphatic heterocycles. The molecule has 6 rings (SSSR count). The highest BCUT2D eigenvalue weighted by atomic mass is 32.1. The van der Waals surface area contributed by atoms with Gasteiger partial charge in [-0.3, -0.25) is 9.69 Å². The van der Waals surface area contributed by atoms with Crippen LogP contribution in [0.15, 0.2) is 30.5 Å². The van der Waals surface area contributed by atoms with Gasteiger partial charge in [0.05, 0.1) is 22.4 Å². The third-order valence-electron chi connectivity index (χ3n) is 7.22. The molecule has 1 fully saturated rings. The number of ether oxygens (including phenoxy) is 1. The number of benzene rings is 2. The number of urea groups is 1. The molecule has 5 N–H and O–H groups in total. The first-order valence-electron chi connectivity index (χ1n) is 12.9. The molecule has 14 heteroatoms. The number of amides is 3. The number of aromatic hydroxyl groups is 2. The summed E-state index contributed by atoms with van der Waals surface area (Å²) in [4.78, 5) is 33.7. The molecule has 0 bridgehead atoms. The summed E-state index contributed by atoms with van der Waals surface area (Å²) in [6.45, 7) is 3.43. The SMILES string of the molecule is [B]c1c(O)c([B])c(Oc2ccc(N3C(=O)Nc4c(C(=O)N[C@@H]5CCCNC5)sc5nccc3c45)c(C)c2)c([B])c1O. The van der Waals surface area contributed by atoms with E-state index in [1.807, 2.05) is 0 Å². The van der Waals surface area contributed by atoms with E-state index < -0.39 is 17.5 Å². The highest BCUT2D eigenvalue weighted by molar-refractivity contribution is 7.21. The third kappa shape index (κ3) is 4.56. The number of hydrogen-bond donors (Lipinski definition) is 5. The third-order valence-corrected chi connectivity index (χ3v) is 8.32. The van der Waals surface area contributed by atoms with Crippen molar-refractivity contribution in [3.8, 4) is 23.0 Å². The van der Waals surface area contributed by atoms with Crippen LogP contribution in [0, 0.1) is 6.92 Å². The topological polar surface area (TPSA) is 136 Å². The van der Waals surface area contributed by atoms with Gasteiger partial charge in [0.15, 0.2) is 0 Å². The van der Waals surface area contributed by atoms with Crippen molar-refractivity contribution < 1.29 is 24.5 Å². The quantitative estimate of drug-likeness (QED) is 0.233. The fraction of sp³-hybridized carbons (Fsp3) is 0.222. The van der Waals surface area contributed by atoms with Gasteiger partial charge < -0.3 is 30.9 Å². The number of aryl methyl sites for hydroxylation is 1. The molecule has 2 aliphatic rings. The predicted molar refractivity (Wildman–Crippen MR) is 161 cm³/mol. The van der Waals surface area contributed by atoms with Crippen molar-refractivity contribution >= 4 is 90.5 Å². The standard InChI is InChI=1S/C27H22B3N5O5S/c1-11-9-13(40-23-18(29)21(36)17(28)22(37)19(23)30)4-5-14(11)35-15-6-8-32-26-16(15)20(34-27(35)39)24(41-26)25(38)33-12-3-2-7-31-10-12/h4-6,8-9,12,31,36-37H,2-3,7,10H2,1H3,(H,33,38)(H,34,39)/t12-/m1/s1. The first kappa shape index (κ1) is 27.0. The van der Waals surface area contributed by atoms with Crippen LogP contribution in [-0.4, -0.2) is 69.8 Å². The number of aromatic nitrogens is 1. The zero-order chi connectivity index (χ0) is 29.0. The van der Waals surface area contributed by atoms with Gasteiger partial charge in [0.2, 0.25) is 0 Å². The molecule has 2 aromatic heterocycles. The number of carbonyl (C=O) groups is 2. The van der Waals surface area contributed by atoms with Crippen molar-refractivity contribution in [3.05, 3.63) is 40.9 Å². The average molecular weight is 561 g/mol. The minimum absolute atomic E-state index is 0.0205. The Labute approximate surface area is 243 Å². The van der Waals surface area contributed by atoms with Crippen molar-refractivity contribution in [2.45, 2.75) is 25.8 Å².